The fourth-order valence-electron chi connectivity index (χ4n) is 19.5. The van der Waals surface area contributed by atoms with Crippen molar-refractivity contribution in [1.82, 2.24) is 4.57 Å². The van der Waals surface area contributed by atoms with Gasteiger partial charge in [0.05, 0.1) is 11.0 Å². The normalized spacial score (nSPS) is 27.2. The van der Waals surface area contributed by atoms with Crippen LogP contribution < -0.4 is 15.7 Å². The molecule has 76 heavy (non-hydrogen) atoms. The Labute approximate surface area is 449 Å². The quantitative estimate of drug-likeness (QED) is 0.156. The third-order valence-electron chi connectivity index (χ3n) is 21.8. The first kappa shape index (κ1) is 42.3. The maximum Gasteiger partial charge on any atom is 0.333 e. The molecule has 8 fully saturated rings. The van der Waals surface area contributed by atoms with E-state index in [0.717, 1.165) is 35.5 Å². The Bertz CT molecular complexity index is 4240. The van der Waals surface area contributed by atoms with Crippen molar-refractivity contribution >= 4 is 93.2 Å². The lowest BCUT2D eigenvalue weighted by molar-refractivity contribution is -0.00526. The molecule has 0 spiro atoms. The van der Waals surface area contributed by atoms with Gasteiger partial charge in [0.1, 0.15) is 0 Å². The standard InChI is InChI=1S/C72H59BN2S/c1-3-9-48(10-4-1)50-15-18-56(19-16-50)75-65-34-60-59-27-51-13-7-8-14-52(51)30-67(59)76-68(60)35-58(65)61-28-53(49-11-5-2-6-12-49)29-66-69(61)73(75)63-33-55(72-39-45-24-46(40-72)26-47(25-45)41-72)32-62-57-31-54(17-20-64(57)74(66)70(62)63)71-36-42-21-43(37-71)23-44(22-42)38-71/h1-20,27-35,42-47H,21-26,36-41H2. The highest BCUT2D eigenvalue weighted by Crippen LogP contribution is 2.63. The molecular weight excluding hydrogens is 936 g/mol. The average molecular weight is 995 g/mol. The van der Waals surface area contributed by atoms with Crippen molar-refractivity contribution in [2.75, 3.05) is 4.81 Å². The molecule has 11 aromatic rings. The van der Waals surface area contributed by atoms with E-state index in [9.17, 15) is 0 Å². The molecule has 0 radical (unpaired) electrons. The molecular formula is C72H59BN2S. The van der Waals surface area contributed by atoms with E-state index >= 15 is 0 Å². The number of hydrogen-bond acceptors (Lipinski definition) is 2. The van der Waals surface area contributed by atoms with Crippen LogP contribution in [-0.2, 0) is 10.8 Å². The van der Waals surface area contributed by atoms with Crippen molar-refractivity contribution in [2.45, 2.75) is 87.9 Å². The third-order valence-corrected chi connectivity index (χ3v) is 22.9. The summed E-state index contributed by atoms with van der Waals surface area (Å²) in [7, 11) is 0. The van der Waals surface area contributed by atoms with Crippen LogP contribution in [-0.4, -0.2) is 11.4 Å². The number of fused-ring (bicyclic) bond motifs is 11. The van der Waals surface area contributed by atoms with Crippen LogP contribution in [0.2, 0.25) is 0 Å². The average Bonchev–Trinajstić information content (AvgIpc) is 4.16. The van der Waals surface area contributed by atoms with Crippen molar-refractivity contribution in [3.05, 3.63) is 187 Å². The van der Waals surface area contributed by atoms with Crippen molar-refractivity contribution in [3.63, 3.8) is 0 Å². The van der Waals surface area contributed by atoms with E-state index in [1.54, 1.807) is 11.1 Å². The lowest BCUT2D eigenvalue weighted by Crippen LogP contribution is -2.61. The summed E-state index contributed by atoms with van der Waals surface area (Å²) in [5, 5.41) is 8.31. The minimum absolute atomic E-state index is 0.0381. The number of rotatable bonds is 5. The highest BCUT2D eigenvalue weighted by atomic mass is 32.1. The number of hydrogen-bond donors (Lipinski definition) is 0. The Morgan fingerprint density at radius 1 is 0.408 bits per heavy atom. The van der Waals surface area contributed by atoms with Crippen molar-refractivity contribution in [3.8, 4) is 39.1 Å². The second-order valence-corrected chi connectivity index (χ2v) is 27.2. The fourth-order valence-corrected chi connectivity index (χ4v) is 20.7. The van der Waals surface area contributed by atoms with Crippen LogP contribution in [0, 0.1) is 35.5 Å². The zero-order valence-electron chi connectivity index (χ0n) is 43.1. The van der Waals surface area contributed by atoms with Gasteiger partial charge in [-0.1, -0.05) is 109 Å². The molecule has 10 aliphatic rings. The molecule has 4 heterocycles. The minimum Gasteiger partial charge on any atom is -0.376 e. The highest BCUT2D eigenvalue weighted by molar-refractivity contribution is 7.26. The monoisotopic (exact) mass is 994 g/mol. The van der Waals surface area contributed by atoms with Gasteiger partial charge in [-0.15, -0.1) is 11.3 Å². The molecule has 8 aliphatic carbocycles. The molecule has 0 atom stereocenters. The number of anilines is 2. The molecule has 2 aromatic heterocycles. The first-order valence-corrected chi connectivity index (χ1v) is 30.0. The lowest BCUT2D eigenvalue weighted by Gasteiger charge is -2.57. The summed E-state index contributed by atoms with van der Waals surface area (Å²) in [5.41, 5.74) is 21.3. The number of nitrogens with zero attached hydrogens (tertiary/aromatic N) is 2. The first-order chi connectivity index (χ1) is 37.4. The maximum atomic E-state index is 2.83. The van der Waals surface area contributed by atoms with Gasteiger partial charge in [0.15, 0.2) is 0 Å². The van der Waals surface area contributed by atoms with Gasteiger partial charge in [0, 0.05) is 53.6 Å². The van der Waals surface area contributed by atoms with Crippen LogP contribution in [0.5, 0.6) is 0 Å². The predicted octanol–water partition coefficient (Wildman–Crippen LogP) is 17.8. The molecule has 0 saturated heterocycles. The topological polar surface area (TPSA) is 8.17 Å². The molecule has 0 N–H and O–H groups in total. The largest absolute Gasteiger partial charge is 0.376 e. The van der Waals surface area contributed by atoms with Gasteiger partial charge in [-0.25, -0.2) is 0 Å². The molecule has 9 aromatic carbocycles. The second kappa shape index (κ2) is 15.0. The van der Waals surface area contributed by atoms with Gasteiger partial charge in [0.2, 0.25) is 0 Å². The van der Waals surface area contributed by atoms with E-state index < -0.39 is 0 Å². The van der Waals surface area contributed by atoms with Gasteiger partial charge in [0.25, 0.3) is 0 Å². The molecule has 8 saturated carbocycles. The smallest absolute Gasteiger partial charge is 0.333 e. The van der Waals surface area contributed by atoms with Gasteiger partial charge in [-0.2, -0.15) is 0 Å². The predicted molar refractivity (Wildman–Crippen MR) is 321 cm³/mol. The zero-order chi connectivity index (χ0) is 49.2. The summed E-state index contributed by atoms with van der Waals surface area (Å²) >= 11 is 1.96. The summed E-state index contributed by atoms with van der Waals surface area (Å²) in [6.07, 6.45) is 17.0. The van der Waals surface area contributed by atoms with Crippen molar-refractivity contribution in [2.24, 2.45) is 35.5 Å². The molecule has 2 nitrogen and oxygen atoms in total. The molecule has 21 rings (SSSR count). The van der Waals surface area contributed by atoms with Crippen LogP contribution >= 0.6 is 11.3 Å². The van der Waals surface area contributed by atoms with E-state index in [4.69, 9.17) is 0 Å². The van der Waals surface area contributed by atoms with E-state index in [2.05, 4.69) is 185 Å². The summed E-state index contributed by atoms with van der Waals surface area (Å²) in [6.45, 7) is -0.0381. The Morgan fingerprint density at radius 2 is 0.961 bits per heavy atom. The van der Waals surface area contributed by atoms with Gasteiger partial charge >= 0.3 is 6.85 Å². The Balaban J connectivity index is 0.932. The van der Waals surface area contributed by atoms with Crippen LogP contribution in [0.3, 0.4) is 0 Å². The van der Waals surface area contributed by atoms with E-state index in [1.807, 2.05) is 11.3 Å². The van der Waals surface area contributed by atoms with Crippen LogP contribution in [0.1, 0.15) is 88.2 Å². The summed E-state index contributed by atoms with van der Waals surface area (Å²) < 4.78 is 5.50. The van der Waals surface area contributed by atoms with Gasteiger partial charge in [-0.3, -0.25) is 0 Å². The van der Waals surface area contributed by atoms with Crippen molar-refractivity contribution < 1.29 is 0 Å². The number of aromatic nitrogens is 1. The fraction of sp³-hybridized carbons (Fsp3) is 0.278. The lowest BCUT2D eigenvalue weighted by atomic mass is 9.42. The third kappa shape index (κ3) is 5.79. The summed E-state index contributed by atoms with van der Waals surface area (Å²) in [6, 6.07) is 69.8. The Kier molecular flexibility index (Phi) is 8.33. The molecule has 4 heteroatoms. The van der Waals surface area contributed by atoms with Crippen molar-refractivity contribution in [1.29, 1.82) is 0 Å². The number of thiophene rings is 1. The Hall–Kier alpha value is -6.88. The molecule has 2 aliphatic heterocycles. The van der Waals surface area contributed by atoms with E-state index in [-0.39, 0.29) is 12.3 Å². The highest BCUT2D eigenvalue weighted by Gasteiger charge is 2.54. The van der Waals surface area contributed by atoms with Crippen LogP contribution in [0.15, 0.2) is 176 Å². The SMILES string of the molecule is c1ccc(-c2ccc(N3B4c5c(cc(-c6ccccc6)cc5-n5c6ccc(C78CC9CC(CC(C9)C7)C8)cc6c6cc(C78CC9CC(CC(C9)C7)C8)cc4c65)-c4cc5sc6cc7ccccc7cc6c5cc43)cc2)cc1. The zero-order valence-corrected chi connectivity index (χ0v) is 43.9. The molecule has 0 unspecified atom stereocenters. The summed E-state index contributed by atoms with van der Waals surface area (Å²) in [4.78, 5) is 2.82. The summed E-state index contributed by atoms with van der Waals surface area (Å²) in [5.74, 6) is 5.33. The molecule has 0 amide bonds. The minimum atomic E-state index is -0.0381. The van der Waals surface area contributed by atoms with Crippen LogP contribution in [0.4, 0.5) is 11.4 Å². The number of benzene rings is 9. The first-order valence-electron chi connectivity index (χ1n) is 29.2. The Morgan fingerprint density at radius 3 is 1.62 bits per heavy atom. The van der Waals surface area contributed by atoms with Gasteiger partial charge in [-0.05, 0) is 251 Å². The molecule has 8 bridgehead atoms. The van der Waals surface area contributed by atoms with Crippen LogP contribution in [0.25, 0.3) is 91.8 Å². The maximum absolute atomic E-state index is 2.83. The molecule has 366 valence electrons. The van der Waals surface area contributed by atoms with E-state index in [1.165, 1.54) is 191 Å². The second-order valence-electron chi connectivity index (χ2n) is 26.1. The van der Waals surface area contributed by atoms with Gasteiger partial charge < -0.3 is 9.38 Å². The van der Waals surface area contributed by atoms with E-state index in [0.29, 0.717) is 5.41 Å².